The topological polar surface area (TPSA) is 159 Å². The van der Waals surface area contributed by atoms with Crippen molar-refractivity contribution in [2.75, 3.05) is 29.5 Å². The average Bonchev–Trinajstić information content (AvgIpc) is 2.76. The molecule has 2 aromatic carbocycles. The highest BCUT2D eigenvalue weighted by Crippen LogP contribution is 2.31. The predicted octanol–water partition coefficient (Wildman–Crippen LogP) is 2.54. The molecular formula is C20H20F2N6O4. The first-order valence-corrected chi connectivity index (χ1v) is 9.41. The Bertz CT molecular complexity index is 1010. The number of halogens is 2. The first-order valence-electron chi connectivity index (χ1n) is 9.41. The number of anilines is 3. The number of benzene rings is 2. The highest BCUT2D eigenvalue weighted by molar-refractivity contribution is 5.71. The minimum absolute atomic E-state index is 0.180. The molecule has 3 aromatic rings. The zero-order valence-electron chi connectivity index (χ0n) is 16.6. The van der Waals surface area contributed by atoms with Gasteiger partial charge < -0.3 is 26.6 Å². The molecule has 168 valence electrons. The van der Waals surface area contributed by atoms with Gasteiger partial charge in [0.15, 0.2) is 0 Å². The molecule has 0 aliphatic carbocycles. The number of hydrogen-bond donors (Lipinski definition) is 5. The van der Waals surface area contributed by atoms with E-state index in [0.717, 1.165) is 0 Å². The van der Waals surface area contributed by atoms with Crippen molar-refractivity contribution >= 4 is 23.3 Å². The molecule has 0 aliphatic rings. The normalized spacial score (nSPS) is 12.8. The first kappa shape index (κ1) is 22.8. The summed E-state index contributed by atoms with van der Waals surface area (Å²) in [7, 11) is 0. The smallest absolute Gasteiger partial charge is 0.353 e. The van der Waals surface area contributed by atoms with Gasteiger partial charge in [0.1, 0.15) is 11.6 Å². The standard InChI is InChI=1S/C20H20F2N6O4/c21-13-5-1-11(2-6-13)15(29)9-24-18-17(28(31)32)19(27-20(23)26-18)25-10-16(30)12-3-7-14(22)8-4-12/h1-8,15-16,29-30H,9-10H2,(H4,23,24,25,26,27)/t15-,16+. The second-order valence-electron chi connectivity index (χ2n) is 6.78. The Morgan fingerprint density at radius 2 is 1.25 bits per heavy atom. The van der Waals surface area contributed by atoms with Crippen molar-refractivity contribution in [2.45, 2.75) is 12.2 Å². The molecule has 32 heavy (non-hydrogen) atoms. The minimum atomic E-state index is -1.11. The SMILES string of the molecule is Nc1nc(NC[C@@H](O)c2ccc(F)cc2)c([N+](=O)[O-])c(NC[C@H](O)c2ccc(F)cc2)n1. The summed E-state index contributed by atoms with van der Waals surface area (Å²) >= 11 is 0. The highest BCUT2D eigenvalue weighted by Gasteiger charge is 2.25. The third kappa shape index (κ3) is 5.62. The molecular weight excluding hydrogens is 426 g/mol. The van der Waals surface area contributed by atoms with Crippen LogP contribution in [-0.4, -0.2) is 38.2 Å². The maximum absolute atomic E-state index is 13.0. The molecule has 0 bridgehead atoms. The van der Waals surface area contributed by atoms with Crippen LogP contribution in [0, 0.1) is 21.7 Å². The highest BCUT2D eigenvalue weighted by atomic mass is 19.1. The third-order valence-electron chi connectivity index (χ3n) is 4.52. The van der Waals surface area contributed by atoms with Gasteiger partial charge in [0.2, 0.25) is 17.6 Å². The monoisotopic (exact) mass is 446 g/mol. The van der Waals surface area contributed by atoms with Gasteiger partial charge in [-0.1, -0.05) is 24.3 Å². The number of nitrogens with zero attached hydrogens (tertiary/aromatic N) is 3. The number of hydrogen-bond acceptors (Lipinski definition) is 9. The molecule has 0 radical (unpaired) electrons. The van der Waals surface area contributed by atoms with Gasteiger partial charge in [-0.05, 0) is 35.4 Å². The summed E-state index contributed by atoms with van der Waals surface area (Å²) < 4.78 is 26.1. The minimum Gasteiger partial charge on any atom is -0.387 e. The predicted molar refractivity (Wildman–Crippen MR) is 113 cm³/mol. The van der Waals surface area contributed by atoms with Crippen LogP contribution >= 0.6 is 0 Å². The van der Waals surface area contributed by atoms with Crippen molar-refractivity contribution in [2.24, 2.45) is 0 Å². The first-order chi connectivity index (χ1) is 15.2. The van der Waals surface area contributed by atoms with E-state index in [2.05, 4.69) is 20.6 Å². The zero-order valence-corrected chi connectivity index (χ0v) is 16.6. The number of nitrogens with one attached hydrogen (secondary N) is 2. The van der Waals surface area contributed by atoms with Gasteiger partial charge in [-0.25, -0.2) is 8.78 Å². The Kier molecular flexibility index (Phi) is 7.07. The molecule has 1 heterocycles. The third-order valence-corrected chi connectivity index (χ3v) is 4.52. The van der Waals surface area contributed by atoms with Crippen LogP contribution in [0.4, 0.5) is 32.1 Å². The van der Waals surface area contributed by atoms with Crippen molar-refractivity contribution in [3.8, 4) is 0 Å². The quantitative estimate of drug-likeness (QED) is 0.246. The Morgan fingerprint density at radius 1 is 0.875 bits per heavy atom. The summed E-state index contributed by atoms with van der Waals surface area (Å²) in [5.74, 6) is -1.71. The maximum atomic E-state index is 13.0. The summed E-state index contributed by atoms with van der Waals surface area (Å²) in [6.07, 6.45) is -2.22. The lowest BCUT2D eigenvalue weighted by molar-refractivity contribution is -0.383. The molecule has 1 aromatic heterocycles. The molecule has 2 atom stereocenters. The molecule has 0 saturated carbocycles. The lowest BCUT2D eigenvalue weighted by atomic mass is 10.1. The van der Waals surface area contributed by atoms with E-state index in [4.69, 9.17) is 5.73 Å². The van der Waals surface area contributed by atoms with Gasteiger partial charge in [-0.15, -0.1) is 0 Å². The average molecular weight is 446 g/mol. The fraction of sp³-hybridized carbons (Fsp3) is 0.200. The van der Waals surface area contributed by atoms with E-state index < -0.39 is 34.5 Å². The van der Waals surface area contributed by atoms with E-state index in [-0.39, 0.29) is 30.7 Å². The van der Waals surface area contributed by atoms with Crippen LogP contribution in [0.5, 0.6) is 0 Å². The van der Waals surface area contributed by atoms with Gasteiger partial charge in [0.25, 0.3) is 0 Å². The van der Waals surface area contributed by atoms with Crippen LogP contribution in [0.15, 0.2) is 48.5 Å². The Morgan fingerprint density at radius 3 is 1.59 bits per heavy atom. The summed E-state index contributed by atoms with van der Waals surface area (Å²) in [5, 5.41) is 37.5. The van der Waals surface area contributed by atoms with Crippen LogP contribution < -0.4 is 16.4 Å². The van der Waals surface area contributed by atoms with E-state index >= 15 is 0 Å². The summed E-state index contributed by atoms with van der Waals surface area (Å²) in [4.78, 5) is 18.6. The second-order valence-corrected chi connectivity index (χ2v) is 6.78. The Balaban J connectivity index is 1.76. The number of nitrogen functional groups attached to an aromatic ring is 1. The van der Waals surface area contributed by atoms with Crippen molar-refractivity contribution < 1.29 is 23.9 Å². The maximum Gasteiger partial charge on any atom is 0.353 e. The fourth-order valence-electron chi connectivity index (χ4n) is 2.88. The van der Waals surface area contributed by atoms with Gasteiger partial charge in [-0.2, -0.15) is 9.97 Å². The van der Waals surface area contributed by atoms with E-state index in [1.807, 2.05) is 0 Å². The number of nitrogens with two attached hydrogens (primary N) is 1. The van der Waals surface area contributed by atoms with E-state index in [9.17, 15) is 29.1 Å². The van der Waals surface area contributed by atoms with Gasteiger partial charge >= 0.3 is 5.69 Å². The van der Waals surface area contributed by atoms with Gasteiger partial charge in [0, 0.05) is 13.1 Å². The van der Waals surface area contributed by atoms with Crippen LogP contribution in [0.3, 0.4) is 0 Å². The van der Waals surface area contributed by atoms with E-state index in [0.29, 0.717) is 11.1 Å². The molecule has 0 aliphatic heterocycles. The second kappa shape index (κ2) is 9.94. The molecule has 3 rings (SSSR count). The fourth-order valence-corrected chi connectivity index (χ4v) is 2.88. The summed E-state index contributed by atoms with van der Waals surface area (Å²) in [6.45, 7) is -0.360. The molecule has 0 spiro atoms. The molecule has 0 saturated heterocycles. The van der Waals surface area contributed by atoms with E-state index in [1.165, 1.54) is 48.5 Å². The molecule has 0 fully saturated rings. The van der Waals surface area contributed by atoms with E-state index in [1.54, 1.807) is 0 Å². The van der Waals surface area contributed by atoms with Crippen LogP contribution in [-0.2, 0) is 0 Å². The molecule has 0 unspecified atom stereocenters. The number of rotatable bonds is 9. The van der Waals surface area contributed by atoms with Crippen molar-refractivity contribution in [1.82, 2.24) is 9.97 Å². The molecule has 12 heteroatoms. The zero-order chi connectivity index (χ0) is 23.3. The van der Waals surface area contributed by atoms with Crippen molar-refractivity contribution in [3.05, 3.63) is 81.4 Å². The number of aliphatic hydroxyl groups is 2. The molecule has 10 nitrogen and oxygen atoms in total. The largest absolute Gasteiger partial charge is 0.387 e. The summed E-state index contributed by atoms with van der Waals surface area (Å²) in [5.41, 5.74) is 5.90. The molecule has 0 amide bonds. The summed E-state index contributed by atoms with van der Waals surface area (Å²) in [6, 6.07) is 10.2. The Hall–Kier alpha value is -3.90. The molecule has 6 N–H and O–H groups in total. The number of nitro groups is 1. The Labute approximate surface area is 180 Å². The van der Waals surface area contributed by atoms with Gasteiger partial charge in [-0.3, -0.25) is 10.1 Å². The number of aliphatic hydroxyl groups excluding tert-OH is 2. The van der Waals surface area contributed by atoms with Crippen LogP contribution in [0.1, 0.15) is 23.3 Å². The van der Waals surface area contributed by atoms with Gasteiger partial charge in [0.05, 0.1) is 17.1 Å². The lowest BCUT2D eigenvalue weighted by Gasteiger charge is -2.16. The van der Waals surface area contributed by atoms with Crippen LogP contribution in [0.25, 0.3) is 0 Å². The number of aromatic nitrogens is 2. The van der Waals surface area contributed by atoms with Crippen molar-refractivity contribution in [1.29, 1.82) is 0 Å². The lowest BCUT2D eigenvalue weighted by Crippen LogP contribution is -2.18. The van der Waals surface area contributed by atoms with Crippen molar-refractivity contribution in [3.63, 3.8) is 0 Å². The van der Waals surface area contributed by atoms with Crippen LogP contribution in [0.2, 0.25) is 0 Å².